The van der Waals surface area contributed by atoms with Gasteiger partial charge in [0.25, 0.3) is 5.91 Å². The van der Waals surface area contributed by atoms with Gasteiger partial charge in [0.2, 0.25) is 0 Å². The first-order chi connectivity index (χ1) is 12.0. The maximum absolute atomic E-state index is 12.6. The number of hydrogen-bond acceptors (Lipinski definition) is 4. The number of hydrogen-bond donors (Lipinski definition) is 2. The van der Waals surface area contributed by atoms with Crippen molar-refractivity contribution < 1.29 is 14.3 Å². The molecule has 3 N–H and O–H groups in total. The van der Waals surface area contributed by atoms with Crippen molar-refractivity contribution in [2.24, 2.45) is 5.73 Å². The van der Waals surface area contributed by atoms with E-state index in [0.29, 0.717) is 35.3 Å². The molecular weight excluding hydrogens is 375 g/mol. The highest BCUT2D eigenvalue weighted by atomic mass is 35.5. The Kier molecular flexibility index (Phi) is 10.1. The Labute approximate surface area is 167 Å². The van der Waals surface area contributed by atoms with Crippen LogP contribution in [-0.4, -0.2) is 31.2 Å². The second kappa shape index (κ2) is 11.5. The summed E-state index contributed by atoms with van der Waals surface area (Å²) in [5.74, 6) is 0.891. The first-order valence-electron chi connectivity index (χ1n) is 9.20. The van der Waals surface area contributed by atoms with Crippen molar-refractivity contribution in [2.75, 3.05) is 13.2 Å². The highest BCUT2D eigenvalue weighted by Gasteiger charge is 2.22. The highest BCUT2D eigenvalue weighted by molar-refractivity contribution is 6.32. The van der Waals surface area contributed by atoms with Crippen LogP contribution in [0.4, 0.5) is 0 Å². The molecule has 0 radical (unpaired) electrons. The topological polar surface area (TPSA) is 73.6 Å². The minimum Gasteiger partial charge on any atom is -0.490 e. The number of nitrogens with two attached hydrogens (primary N) is 1. The Morgan fingerprint density at radius 2 is 1.92 bits per heavy atom. The molecule has 26 heavy (non-hydrogen) atoms. The summed E-state index contributed by atoms with van der Waals surface area (Å²) in [7, 11) is 0. The molecule has 0 heterocycles. The van der Waals surface area contributed by atoms with E-state index in [9.17, 15) is 4.79 Å². The summed E-state index contributed by atoms with van der Waals surface area (Å²) in [6.07, 6.45) is 5.69. The quantitative estimate of drug-likeness (QED) is 0.631. The molecule has 0 unspecified atom stereocenters. The molecule has 1 aliphatic carbocycles. The maximum Gasteiger partial charge on any atom is 0.251 e. The van der Waals surface area contributed by atoms with Gasteiger partial charge in [-0.2, -0.15) is 0 Å². The van der Waals surface area contributed by atoms with E-state index in [1.807, 2.05) is 6.92 Å². The molecular formula is C19H30Cl2N2O3. The molecule has 0 bridgehead atoms. The van der Waals surface area contributed by atoms with E-state index in [2.05, 4.69) is 12.2 Å². The number of benzene rings is 1. The second-order valence-corrected chi connectivity index (χ2v) is 6.91. The fourth-order valence-corrected chi connectivity index (χ4v) is 3.22. The number of rotatable bonds is 8. The monoisotopic (exact) mass is 404 g/mol. The van der Waals surface area contributed by atoms with Gasteiger partial charge < -0.3 is 20.5 Å². The van der Waals surface area contributed by atoms with Crippen molar-refractivity contribution >= 4 is 29.9 Å². The molecule has 148 valence electrons. The lowest BCUT2D eigenvalue weighted by Crippen LogP contribution is -2.40. The summed E-state index contributed by atoms with van der Waals surface area (Å²) in [5, 5.41) is 3.48. The minimum atomic E-state index is -0.136. The standard InChI is InChI=1S/C19H29ClN2O3.ClH/c1-3-5-10-25-18-16(20)11-13(12-17(18)24-4-2)19(23)22-15-8-6-14(21)7-9-15;/h11-12,14-15H,3-10,21H2,1-2H3,(H,22,23);1H. The van der Waals surface area contributed by atoms with Gasteiger partial charge in [-0.1, -0.05) is 24.9 Å². The number of halogens is 2. The fourth-order valence-electron chi connectivity index (χ4n) is 2.95. The molecule has 0 saturated heterocycles. The summed E-state index contributed by atoms with van der Waals surface area (Å²) >= 11 is 6.35. The number of amides is 1. The van der Waals surface area contributed by atoms with Gasteiger partial charge in [0.1, 0.15) is 0 Å². The van der Waals surface area contributed by atoms with E-state index >= 15 is 0 Å². The van der Waals surface area contributed by atoms with Crippen LogP contribution >= 0.6 is 24.0 Å². The fraction of sp³-hybridized carbons (Fsp3) is 0.632. The van der Waals surface area contributed by atoms with E-state index in [-0.39, 0.29) is 30.4 Å². The molecule has 5 nitrogen and oxygen atoms in total. The number of ether oxygens (including phenoxy) is 2. The zero-order valence-corrected chi connectivity index (χ0v) is 17.1. The second-order valence-electron chi connectivity index (χ2n) is 6.51. The molecule has 0 aliphatic heterocycles. The van der Waals surface area contributed by atoms with Crippen molar-refractivity contribution in [3.05, 3.63) is 22.7 Å². The molecule has 1 amide bonds. The van der Waals surface area contributed by atoms with Crippen molar-refractivity contribution in [1.82, 2.24) is 5.32 Å². The average molecular weight is 405 g/mol. The molecule has 2 rings (SSSR count). The molecule has 7 heteroatoms. The van der Waals surface area contributed by atoms with Gasteiger partial charge in [0, 0.05) is 17.6 Å². The summed E-state index contributed by atoms with van der Waals surface area (Å²) in [6, 6.07) is 3.78. The molecule has 1 aromatic rings. The largest absolute Gasteiger partial charge is 0.490 e. The van der Waals surface area contributed by atoms with Crippen LogP contribution in [0.3, 0.4) is 0 Å². The molecule has 1 fully saturated rings. The first-order valence-corrected chi connectivity index (χ1v) is 9.58. The van der Waals surface area contributed by atoms with E-state index < -0.39 is 0 Å². The summed E-state index contributed by atoms with van der Waals surface area (Å²) in [5.41, 5.74) is 6.41. The van der Waals surface area contributed by atoms with Crippen LogP contribution in [0.5, 0.6) is 11.5 Å². The molecule has 1 saturated carbocycles. The van der Waals surface area contributed by atoms with E-state index in [0.717, 1.165) is 38.5 Å². The van der Waals surface area contributed by atoms with Crippen molar-refractivity contribution in [2.45, 2.75) is 64.5 Å². The smallest absolute Gasteiger partial charge is 0.251 e. The first kappa shape index (κ1) is 22.9. The van der Waals surface area contributed by atoms with Gasteiger partial charge in [-0.15, -0.1) is 12.4 Å². The minimum absolute atomic E-state index is 0. The van der Waals surface area contributed by atoms with Crippen molar-refractivity contribution in [3.8, 4) is 11.5 Å². The lowest BCUT2D eigenvalue weighted by molar-refractivity contribution is 0.0925. The zero-order valence-electron chi connectivity index (χ0n) is 15.6. The Balaban J connectivity index is 0.00000338. The van der Waals surface area contributed by atoms with Crippen LogP contribution in [0, 0.1) is 0 Å². The van der Waals surface area contributed by atoms with Gasteiger partial charge in [0.15, 0.2) is 11.5 Å². The van der Waals surface area contributed by atoms with Crippen LogP contribution in [0.2, 0.25) is 5.02 Å². The van der Waals surface area contributed by atoms with E-state index in [4.69, 9.17) is 26.8 Å². The third-order valence-electron chi connectivity index (χ3n) is 4.42. The van der Waals surface area contributed by atoms with Crippen molar-refractivity contribution in [3.63, 3.8) is 0 Å². The summed E-state index contributed by atoms with van der Waals surface area (Å²) < 4.78 is 11.4. The summed E-state index contributed by atoms with van der Waals surface area (Å²) in [4.78, 5) is 12.6. The summed E-state index contributed by atoms with van der Waals surface area (Å²) in [6.45, 7) is 5.04. The van der Waals surface area contributed by atoms with Crippen LogP contribution in [-0.2, 0) is 0 Å². The number of nitrogens with one attached hydrogen (secondary N) is 1. The third-order valence-corrected chi connectivity index (χ3v) is 4.70. The van der Waals surface area contributed by atoms with E-state index in [1.165, 1.54) is 0 Å². The number of unbranched alkanes of at least 4 members (excludes halogenated alkanes) is 1. The van der Waals surface area contributed by atoms with Gasteiger partial charge in [-0.25, -0.2) is 0 Å². The lowest BCUT2D eigenvalue weighted by atomic mass is 9.91. The van der Waals surface area contributed by atoms with Gasteiger partial charge >= 0.3 is 0 Å². The average Bonchev–Trinajstić information content (AvgIpc) is 2.59. The highest BCUT2D eigenvalue weighted by Crippen LogP contribution is 2.37. The molecule has 1 aliphatic rings. The predicted molar refractivity (Wildman–Crippen MR) is 108 cm³/mol. The Morgan fingerprint density at radius 3 is 2.54 bits per heavy atom. The number of carbonyl (C=O) groups excluding carboxylic acids is 1. The van der Waals surface area contributed by atoms with Crippen molar-refractivity contribution in [1.29, 1.82) is 0 Å². The Bertz CT molecular complexity index is 576. The van der Waals surface area contributed by atoms with Gasteiger partial charge in [-0.05, 0) is 51.2 Å². The van der Waals surface area contributed by atoms with Crippen LogP contribution in [0.25, 0.3) is 0 Å². The van der Waals surface area contributed by atoms with E-state index in [1.54, 1.807) is 12.1 Å². The number of carbonyl (C=O) groups is 1. The molecule has 1 aromatic carbocycles. The van der Waals surface area contributed by atoms with Crippen LogP contribution < -0.4 is 20.5 Å². The van der Waals surface area contributed by atoms with Crippen LogP contribution in [0.1, 0.15) is 62.7 Å². The third kappa shape index (κ3) is 6.53. The zero-order chi connectivity index (χ0) is 18.2. The molecule has 0 aromatic heterocycles. The lowest BCUT2D eigenvalue weighted by Gasteiger charge is -2.27. The molecule has 0 atom stereocenters. The SMILES string of the molecule is CCCCOc1c(Cl)cc(C(=O)NC2CCC(N)CC2)cc1OCC.Cl. The van der Waals surface area contributed by atoms with Gasteiger partial charge in [-0.3, -0.25) is 4.79 Å². The Morgan fingerprint density at radius 1 is 1.23 bits per heavy atom. The predicted octanol–water partition coefficient (Wildman–Crippen LogP) is 4.34. The normalized spacial score (nSPS) is 19.4. The maximum atomic E-state index is 12.6. The van der Waals surface area contributed by atoms with Crippen LogP contribution in [0.15, 0.2) is 12.1 Å². The van der Waals surface area contributed by atoms with Gasteiger partial charge in [0.05, 0.1) is 18.2 Å². The molecule has 0 spiro atoms. The Hall–Kier alpha value is -1.17.